The average Bonchev–Trinajstić information content (AvgIpc) is 2.96. The van der Waals surface area contributed by atoms with E-state index in [0.29, 0.717) is 19.5 Å². The first-order valence-corrected chi connectivity index (χ1v) is 7.75. The van der Waals surface area contributed by atoms with Gasteiger partial charge in [-0.2, -0.15) is 5.10 Å². The Morgan fingerprint density at radius 1 is 1.25 bits per heavy atom. The Kier molecular flexibility index (Phi) is 5.03. The summed E-state index contributed by atoms with van der Waals surface area (Å²) in [7, 11) is -3.40. The highest BCUT2D eigenvalue weighted by atomic mass is 32.2. The van der Waals surface area contributed by atoms with Crippen molar-refractivity contribution in [1.82, 2.24) is 19.5 Å². The van der Waals surface area contributed by atoms with Crippen molar-refractivity contribution in [2.45, 2.75) is 13.0 Å². The van der Waals surface area contributed by atoms with Gasteiger partial charge in [-0.3, -0.25) is 4.68 Å². The molecule has 0 unspecified atom stereocenters. The van der Waals surface area contributed by atoms with Crippen molar-refractivity contribution in [1.29, 1.82) is 0 Å². The minimum absolute atomic E-state index is 0.362. The number of benzene rings is 1. The van der Waals surface area contributed by atoms with Crippen molar-refractivity contribution >= 4 is 16.1 Å². The van der Waals surface area contributed by atoms with Crippen LogP contribution >= 0.6 is 0 Å². The Morgan fingerprint density at radius 3 is 2.75 bits per heavy atom. The van der Waals surface area contributed by atoms with Gasteiger partial charge in [0.15, 0.2) is 0 Å². The summed E-state index contributed by atoms with van der Waals surface area (Å²) in [6.45, 7) is 0.992. The lowest BCUT2D eigenvalue weighted by Gasteiger charge is -2.03. The fourth-order valence-corrected chi connectivity index (χ4v) is 2.45. The number of hydrogen-bond donors (Lipinski definition) is 1. The van der Waals surface area contributed by atoms with Crippen LogP contribution in [0, 0.1) is 0 Å². The fraction of sp³-hybridized carbons (Fsp3) is 0.231. The second-order valence-electron chi connectivity index (χ2n) is 4.16. The highest BCUT2D eigenvalue weighted by molar-refractivity contribution is 7.92. The van der Waals surface area contributed by atoms with Gasteiger partial charge in [-0.05, 0) is 18.1 Å². The molecule has 0 atom stereocenters. The molecule has 20 heavy (non-hydrogen) atoms. The summed E-state index contributed by atoms with van der Waals surface area (Å²) in [6, 6.07) is 9.29. The zero-order valence-electron chi connectivity index (χ0n) is 10.9. The quantitative estimate of drug-likeness (QED) is 0.779. The Labute approximate surface area is 118 Å². The van der Waals surface area contributed by atoms with Gasteiger partial charge in [-0.25, -0.2) is 18.1 Å². The summed E-state index contributed by atoms with van der Waals surface area (Å²) in [4.78, 5) is 3.81. The van der Waals surface area contributed by atoms with Crippen LogP contribution in [0.1, 0.15) is 12.0 Å². The molecule has 7 heteroatoms. The topological polar surface area (TPSA) is 76.9 Å². The molecule has 6 nitrogen and oxygen atoms in total. The van der Waals surface area contributed by atoms with Crippen LogP contribution in [0.3, 0.4) is 0 Å². The van der Waals surface area contributed by atoms with E-state index in [9.17, 15) is 8.42 Å². The summed E-state index contributed by atoms with van der Waals surface area (Å²) in [6.07, 6.45) is 5.28. The van der Waals surface area contributed by atoms with Gasteiger partial charge in [0.1, 0.15) is 12.7 Å². The molecule has 106 valence electrons. The molecule has 1 heterocycles. The Bertz CT molecular complexity index is 636. The maximum absolute atomic E-state index is 11.7. The number of rotatable bonds is 7. The van der Waals surface area contributed by atoms with Gasteiger partial charge in [-0.15, -0.1) is 0 Å². The molecule has 1 aromatic heterocycles. The number of nitrogens with zero attached hydrogens (tertiary/aromatic N) is 3. The highest BCUT2D eigenvalue weighted by Crippen LogP contribution is 2.02. The van der Waals surface area contributed by atoms with Crippen molar-refractivity contribution < 1.29 is 8.42 Å². The summed E-state index contributed by atoms with van der Waals surface area (Å²) in [5.41, 5.74) is 0.848. The molecule has 2 rings (SSSR count). The van der Waals surface area contributed by atoms with Gasteiger partial charge in [-0.1, -0.05) is 30.3 Å². The van der Waals surface area contributed by atoms with Crippen molar-refractivity contribution in [3.63, 3.8) is 0 Å². The van der Waals surface area contributed by atoms with Crippen LogP contribution in [0.4, 0.5) is 0 Å². The molecular formula is C13H16N4O2S. The van der Waals surface area contributed by atoms with Crippen molar-refractivity contribution in [2.24, 2.45) is 0 Å². The van der Waals surface area contributed by atoms with Gasteiger partial charge in [0.05, 0.1) is 0 Å². The molecule has 0 aliphatic rings. The maximum Gasteiger partial charge on any atom is 0.233 e. The van der Waals surface area contributed by atoms with E-state index < -0.39 is 10.0 Å². The third-order valence-electron chi connectivity index (χ3n) is 2.57. The lowest BCUT2D eigenvalue weighted by atomic mass is 10.2. The van der Waals surface area contributed by atoms with Crippen molar-refractivity contribution in [3.8, 4) is 0 Å². The molecule has 0 aliphatic carbocycles. The first-order valence-electron chi connectivity index (χ1n) is 6.21. The molecule has 2 aromatic rings. The first kappa shape index (κ1) is 14.4. The van der Waals surface area contributed by atoms with E-state index in [1.54, 1.807) is 17.1 Å². The van der Waals surface area contributed by atoms with Crippen LogP contribution in [0.15, 0.2) is 48.4 Å². The largest absolute Gasteiger partial charge is 0.253 e. The van der Waals surface area contributed by atoms with Gasteiger partial charge < -0.3 is 0 Å². The van der Waals surface area contributed by atoms with E-state index in [1.165, 1.54) is 11.7 Å². The number of hydrogen-bond acceptors (Lipinski definition) is 4. The number of aromatic nitrogens is 3. The molecule has 1 aromatic carbocycles. The molecule has 0 saturated carbocycles. The third kappa shape index (κ3) is 4.94. The zero-order chi connectivity index (χ0) is 14.3. The van der Waals surface area contributed by atoms with Gasteiger partial charge in [0.2, 0.25) is 10.0 Å². The minimum atomic E-state index is -3.40. The van der Waals surface area contributed by atoms with Crippen molar-refractivity contribution in [3.05, 3.63) is 54.0 Å². The molecule has 0 fully saturated rings. The van der Waals surface area contributed by atoms with E-state index in [4.69, 9.17) is 0 Å². The van der Waals surface area contributed by atoms with Crippen LogP contribution in [-0.2, 0) is 16.6 Å². The van der Waals surface area contributed by atoms with E-state index in [-0.39, 0.29) is 0 Å². The molecule has 0 saturated heterocycles. The molecule has 0 radical (unpaired) electrons. The minimum Gasteiger partial charge on any atom is -0.253 e. The summed E-state index contributed by atoms with van der Waals surface area (Å²) >= 11 is 0. The smallest absolute Gasteiger partial charge is 0.233 e. The van der Waals surface area contributed by atoms with E-state index in [1.807, 2.05) is 30.3 Å². The number of sulfonamides is 1. The Morgan fingerprint density at radius 2 is 2.05 bits per heavy atom. The molecule has 0 spiro atoms. The molecule has 0 amide bonds. The van der Waals surface area contributed by atoms with Crippen LogP contribution < -0.4 is 4.72 Å². The standard InChI is InChI=1S/C13H16N4O2S/c18-20(19,10-7-13-5-2-1-3-6-13)16-8-4-9-17-12-14-11-15-17/h1-3,5-7,10-12,16H,4,8-9H2/b10-7-. The monoisotopic (exact) mass is 292 g/mol. The van der Waals surface area contributed by atoms with Crippen LogP contribution in [0.25, 0.3) is 6.08 Å². The SMILES string of the molecule is O=S(=O)(/C=C\c1ccccc1)NCCCn1cncn1. The van der Waals surface area contributed by atoms with Crippen LogP contribution in [0.2, 0.25) is 0 Å². The Hall–Kier alpha value is -1.99. The first-order chi connectivity index (χ1) is 9.66. The second-order valence-corrected chi connectivity index (χ2v) is 5.82. The van der Waals surface area contributed by atoms with E-state index >= 15 is 0 Å². The van der Waals surface area contributed by atoms with E-state index in [2.05, 4.69) is 14.8 Å². The predicted molar refractivity (Wildman–Crippen MR) is 77.0 cm³/mol. The molecule has 0 aliphatic heterocycles. The summed E-state index contributed by atoms with van der Waals surface area (Å²) < 4.78 is 27.6. The van der Waals surface area contributed by atoms with E-state index in [0.717, 1.165) is 5.56 Å². The molecule has 1 N–H and O–H groups in total. The second kappa shape index (κ2) is 6.97. The van der Waals surface area contributed by atoms with Gasteiger partial charge in [0.25, 0.3) is 0 Å². The average molecular weight is 292 g/mol. The Balaban J connectivity index is 1.78. The normalized spacial score (nSPS) is 12.0. The zero-order valence-corrected chi connectivity index (χ0v) is 11.7. The predicted octanol–water partition coefficient (Wildman–Crippen LogP) is 1.26. The lowest BCUT2D eigenvalue weighted by Crippen LogP contribution is -2.23. The number of aryl methyl sites for hydroxylation is 1. The summed E-state index contributed by atoms with van der Waals surface area (Å²) in [5.74, 6) is 0. The van der Waals surface area contributed by atoms with Gasteiger partial charge in [0, 0.05) is 18.5 Å². The summed E-state index contributed by atoms with van der Waals surface area (Å²) in [5, 5.41) is 5.12. The van der Waals surface area contributed by atoms with Crippen LogP contribution in [-0.4, -0.2) is 29.7 Å². The highest BCUT2D eigenvalue weighted by Gasteiger charge is 2.03. The van der Waals surface area contributed by atoms with Gasteiger partial charge >= 0.3 is 0 Å². The van der Waals surface area contributed by atoms with Crippen molar-refractivity contribution in [2.75, 3.05) is 6.54 Å². The molecular weight excluding hydrogens is 276 g/mol. The van der Waals surface area contributed by atoms with Crippen LogP contribution in [0.5, 0.6) is 0 Å². The third-order valence-corrected chi connectivity index (χ3v) is 3.67. The lowest BCUT2D eigenvalue weighted by molar-refractivity contribution is 0.557. The fourth-order valence-electron chi connectivity index (χ4n) is 1.58. The maximum atomic E-state index is 11.7. The molecule has 0 bridgehead atoms. The number of nitrogens with one attached hydrogen (secondary N) is 1.